The highest BCUT2D eigenvalue weighted by atomic mass is 16.7. The number of piperidine rings is 1. The van der Waals surface area contributed by atoms with Gasteiger partial charge in [-0.3, -0.25) is 9.59 Å². The summed E-state index contributed by atoms with van der Waals surface area (Å²) in [6, 6.07) is 7.50. The SMILES string of the molecule is O=C(CCC(=O)N1CCOc2ccccc21)N1CCC2(CC1)OCCO2. The van der Waals surface area contributed by atoms with Crippen molar-refractivity contribution in [3.8, 4) is 5.75 Å². The van der Waals surface area contributed by atoms with E-state index in [9.17, 15) is 9.59 Å². The summed E-state index contributed by atoms with van der Waals surface area (Å²) in [5.41, 5.74) is 0.784. The van der Waals surface area contributed by atoms with Crippen LogP contribution in [0.3, 0.4) is 0 Å². The van der Waals surface area contributed by atoms with E-state index in [1.165, 1.54) is 0 Å². The lowest BCUT2D eigenvalue weighted by Crippen LogP contribution is -2.47. The normalized spacial score (nSPS) is 21.4. The van der Waals surface area contributed by atoms with Crippen LogP contribution in [0.5, 0.6) is 5.75 Å². The van der Waals surface area contributed by atoms with Crippen molar-refractivity contribution in [2.24, 2.45) is 0 Å². The van der Waals surface area contributed by atoms with E-state index in [1.54, 1.807) is 4.90 Å². The van der Waals surface area contributed by atoms with Crippen LogP contribution in [0, 0.1) is 0 Å². The minimum Gasteiger partial charge on any atom is -0.490 e. The van der Waals surface area contributed by atoms with Gasteiger partial charge in [-0.05, 0) is 12.1 Å². The summed E-state index contributed by atoms with van der Waals surface area (Å²) < 4.78 is 17.0. The van der Waals surface area contributed by atoms with Gasteiger partial charge in [-0.2, -0.15) is 0 Å². The zero-order valence-electron chi connectivity index (χ0n) is 14.8. The van der Waals surface area contributed by atoms with Gasteiger partial charge in [0.1, 0.15) is 12.4 Å². The third-order valence-electron chi connectivity index (χ3n) is 5.27. The van der Waals surface area contributed by atoms with Crippen LogP contribution >= 0.6 is 0 Å². The third kappa shape index (κ3) is 3.41. The molecule has 0 atom stereocenters. The van der Waals surface area contributed by atoms with E-state index < -0.39 is 5.79 Å². The molecule has 3 heterocycles. The van der Waals surface area contributed by atoms with Crippen LogP contribution < -0.4 is 9.64 Å². The first-order valence-corrected chi connectivity index (χ1v) is 9.25. The Hall–Kier alpha value is -2.12. The summed E-state index contributed by atoms with van der Waals surface area (Å²) in [5, 5.41) is 0. The molecule has 2 fully saturated rings. The second-order valence-electron chi connectivity index (χ2n) is 6.85. The van der Waals surface area contributed by atoms with Crippen molar-refractivity contribution in [1.82, 2.24) is 4.90 Å². The molecule has 7 nitrogen and oxygen atoms in total. The highest BCUT2D eigenvalue weighted by Crippen LogP contribution is 2.33. The van der Waals surface area contributed by atoms with Gasteiger partial charge in [-0.1, -0.05) is 12.1 Å². The number of amides is 2. The monoisotopic (exact) mass is 360 g/mol. The summed E-state index contributed by atoms with van der Waals surface area (Å²) in [4.78, 5) is 28.6. The Morgan fingerprint density at radius 1 is 0.923 bits per heavy atom. The largest absolute Gasteiger partial charge is 0.490 e. The molecule has 140 valence electrons. The number of hydrogen-bond acceptors (Lipinski definition) is 5. The first-order valence-electron chi connectivity index (χ1n) is 9.25. The van der Waals surface area contributed by atoms with Crippen LogP contribution in [0.15, 0.2) is 24.3 Å². The van der Waals surface area contributed by atoms with Gasteiger partial charge >= 0.3 is 0 Å². The number of anilines is 1. The van der Waals surface area contributed by atoms with Crippen LogP contribution in [-0.2, 0) is 19.1 Å². The Morgan fingerprint density at radius 3 is 2.38 bits per heavy atom. The predicted octanol–water partition coefficient (Wildman–Crippen LogP) is 1.56. The Bertz CT molecular complexity index is 676. The molecule has 1 aromatic rings. The molecular weight excluding hydrogens is 336 g/mol. The van der Waals surface area contributed by atoms with Crippen molar-refractivity contribution < 1.29 is 23.8 Å². The molecule has 7 heteroatoms. The van der Waals surface area contributed by atoms with Crippen LogP contribution in [0.25, 0.3) is 0 Å². The number of para-hydroxylation sites is 2. The molecule has 3 aliphatic rings. The highest BCUT2D eigenvalue weighted by molar-refractivity contribution is 5.97. The molecular formula is C19H24N2O5. The van der Waals surface area contributed by atoms with Gasteiger partial charge in [0.2, 0.25) is 11.8 Å². The molecule has 0 N–H and O–H groups in total. The molecule has 2 amide bonds. The second kappa shape index (κ2) is 7.25. The van der Waals surface area contributed by atoms with Gasteiger partial charge in [0, 0.05) is 38.8 Å². The molecule has 3 aliphatic heterocycles. The number of hydrogen-bond donors (Lipinski definition) is 0. The van der Waals surface area contributed by atoms with Crippen LogP contribution in [0.2, 0.25) is 0 Å². The number of ether oxygens (including phenoxy) is 3. The Balaban J connectivity index is 1.29. The maximum absolute atomic E-state index is 12.6. The zero-order valence-corrected chi connectivity index (χ0v) is 14.8. The lowest BCUT2D eigenvalue weighted by molar-refractivity contribution is -0.187. The Morgan fingerprint density at radius 2 is 1.62 bits per heavy atom. The summed E-state index contributed by atoms with van der Waals surface area (Å²) in [5.74, 6) is 0.221. The van der Waals surface area contributed by atoms with Gasteiger partial charge in [0.15, 0.2) is 5.79 Å². The fourth-order valence-electron chi connectivity index (χ4n) is 3.82. The predicted molar refractivity (Wildman–Crippen MR) is 94.0 cm³/mol. The molecule has 1 aromatic carbocycles. The van der Waals surface area contributed by atoms with Crippen LogP contribution in [-0.4, -0.2) is 62.0 Å². The van der Waals surface area contributed by atoms with Gasteiger partial charge in [0.05, 0.1) is 25.4 Å². The summed E-state index contributed by atoms with van der Waals surface area (Å²) in [6.07, 6.45) is 1.84. The molecule has 0 bridgehead atoms. The molecule has 26 heavy (non-hydrogen) atoms. The standard InChI is InChI=1S/C19H24N2O5/c22-17(20-9-7-19(8-10-20)25-13-14-26-19)5-6-18(23)21-11-12-24-16-4-2-1-3-15(16)21/h1-4H,5-14H2. The van der Waals surface area contributed by atoms with Gasteiger partial charge in [-0.15, -0.1) is 0 Å². The summed E-state index contributed by atoms with van der Waals surface area (Å²) in [7, 11) is 0. The van der Waals surface area contributed by atoms with Crippen LogP contribution in [0.1, 0.15) is 25.7 Å². The minimum absolute atomic E-state index is 0.0211. The van der Waals surface area contributed by atoms with Crippen molar-refractivity contribution in [2.45, 2.75) is 31.5 Å². The third-order valence-corrected chi connectivity index (χ3v) is 5.27. The topological polar surface area (TPSA) is 68.3 Å². The van der Waals surface area contributed by atoms with E-state index >= 15 is 0 Å². The molecule has 4 rings (SSSR count). The maximum atomic E-state index is 12.6. The summed E-state index contributed by atoms with van der Waals surface area (Å²) in [6.45, 7) is 3.49. The van der Waals surface area contributed by atoms with Crippen molar-refractivity contribution in [1.29, 1.82) is 0 Å². The van der Waals surface area contributed by atoms with E-state index in [-0.39, 0.29) is 24.7 Å². The van der Waals surface area contributed by atoms with Crippen LogP contribution in [0.4, 0.5) is 5.69 Å². The Labute approximate surface area is 152 Å². The number of nitrogens with zero attached hydrogens (tertiary/aromatic N) is 2. The average Bonchev–Trinajstić information content (AvgIpc) is 3.14. The number of fused-ring (bicyclic) bond motifs is 1. The van der Waals surface area contributed by atoms with Crippen molar-refractivity contribution >= 4 is 17.5 Å². The second-order valence-corrected chi connectivity index (χ2v) is 6.85. The molecule has 0 saturated carbocycles. The number of likely N-dealkylation sites (tertiary alicyclic amines) is 1. The number of carbonyl (C=O) groups is 2. The quantitative estimate of drug-likeness (QED) is 0.818. The molecule has 0 aromatic heterocycles. The van der Waals surface area contributed by atoms with Gasteiger partial charge in [-0.25, -0.2) is 0 Å². The number of rotatable bonds is 3. The zero-order chi connectivity index (χ0) is 18.0. The van der Waals surface area contributed by atoms with Crippen molar-refractivity contribution in [3.05, 3.63) is 24.3 Å². The average molecular weight is 360 g/mol. The first-order chi connectivity index (χ1) is 12.7. The highest BCUT2D eigenvalue weighted by Gasteiger charge is 2.40. The molecule has 2 saturated heterocycles. The minimum atomic E-state index is -0.482. The van der Waals surface area contributed by atoms with Gasteiger partial charge in [0.25, 0.3) is 0 Å². The van der Waals surface area contributed by atoms with Gasteiger partial charge < -0.3 is 24.0 Å². The van der Waals surface area contributed by atoms with Crippen molar-refractivity contribution in [2.75, 3.05) is 44.4 Å². The lowest BCUT2D eigenvalue weighted by Gasteiger charge is -2.37. The van der Waals surface area contributed by atoms with Crippen molar-refractivity contribution in [3.63, 3.8) is 0 Å². The first kappa shape index (κ1) is 17.3. The molecule has 1 spiro atoms. The fourth-order valence-corrected chi connectivity index (χ4v) is 3.82. The lowest BCUT2D eigenvalue weighted by atomic mass is 10.0. The van der Waals surface area contributed by atoms with E-state index in [4.69, 9.17) is 14.2 Å². The van der Waals surface area contributed by atoms with E-state index in [0.29, 0.717) is 52.3 Å². The van der Waals surface area contributed by atoms with E-state index in [2.05, 4.69) is 0 Å². The molecule has 0 radical (unpaired) electrons. The fraction of sp³-hybridized carbons (Fsp3) is 0.579. The van der Waals surface area contributed by atoms with E-state index in [0.717, 1.165) is 11.4 Å². The molecule has 0 aliphatic carbocycles. The maximum Gasteiger partial charge on any atom is 0.227 e. The number of benzene rings is 1. The smallest absolute Gasteiger partial charge is 0.227 e. The number of carbonyl (C=O) groups excluding carboxylic acids is 2. The summed E-state index contributed by atoms with van der Waals surface area (Å²) >= 11 is 0. The van der Waals surface area contributed by atoms with E-state index in [1.807, 2.05) is 29.2 Å². The molecule has 0 unspecified atom stereocenters. The Kier molecular flexibility index (Phi) is 4.82.